The maximum absolute atomic E-state index is 5.87. The number of nitrogens with zero attached hydrogens (tertiary/aromatic N) is 2. The van der Waals surface area contributed by atoms with Crippen molar-refractivity contribution in [3.8, 4) is 11.1 Å². The van der Waals surface area contributed by atoms with Gasteiger partial charge in [0.1, 0.15) is 5.82 Å². The molecule has 0 amide bonds. The molecule has 0 aliphatic carbocycles. The van der Waals surface area contributed by atoms with Gasteiger partial charge in [-0.1, -0.05) is 28.1 Å². The summed E-state index contributed by atoms with van der Waals surface area (Å²) >= 11 is 3.42. The van der Waals surface area contributed by atoms with Crippen molar-refractivity contribution in [2.75, 3.05) is 18.1 Å². The van der Waals surface area contributed by atoms with Gasteiger partial charge in [-0.25, -0.2) is 4.98 Å². The van der Waals surface area contributed by atoms with E-state index in [-0.39, 0.29) is 0 Å². The largest absolute Gasteiger partial charge is 0.383 e. The zero-order chi connectivity index (χ0) is 11.5. The minimum Gasteiger partial charge on any atom is -0.383 e. The lowest BCUT2D eigenvalue weighted by Gasteiger charge is -2.06. The SMILES string of the molecule is CNc1ncc(-c2cccc(Br)c2)c(N)n1. The van der Waals surface area contributed by atoms with E-state index in [4.69, 9.17) is 5.73 Å². The summed E-state index contributed by atoms with van der Waals surface area (Å²) in [5.74, 6) is 0.994. The van der Waals surface area contributed by atoms with Crippen LogP contribution in [-0.2, 0) is 0 Å². The minimum atomic E-state index is 0.470. The summed E-state index contributed by atoms with van der Waals surface area (Å²) in [6, 6.07) is 7.86. The van der Waals surface area contributed by atoms with Crippen molar-refractivity contribution in [3.63, 3.8) is 0 Å². The number of halogens is 1. The monoisotopic (exact) mass is 278 g/mol. The van der Waals surface area contributed by atoms with E-state index in [2.05, 4.69) is 31.2 Å². The van der Waals surface area contributed by atoms with Gasteiger partial charge in [0.25, 0.3) is 0 Å². The summed E-state index contributed by atoms with van der Waals surface area (Å²) in [5.41, 5.74) is 7.70. The lowest BCUT2D eigenvalue weighted by Crippen LogP contribution is -2.01. The lowest BCUT2D eigenvalue weighted by atomic mass is 10.1. The highest BCUT2D eigenvalue weighted by atomic mass is 79.9. The van der Waals surface area contributed by atoms with Gasteiger partial charge in [-0.15, -0.1) is 0 Å². The highest BCUT2D eigenvalue weighted by Crippen LogP contribution is 2.26. The second-order valence-corrected chi connectivity index (χ2v) is 4.17. The highest BCUT2D eigenvalue weighted by molar-refractivity contribution is 9.10. The Morgan fingerprint density at radius 1 is 1.38 bits per heavy atom. The molecule has 4 nitrogen and oxygen atoms in total. The molecule has 0 bridgehead atoms. The Morgan fingerprint density at radius 2 is 2.19 bits per heavy atom. The first-order chi connectivity index (χ1) is 7.70. The number of nitrogen functional groups attached to an aromatic ring is 1. The van der Waals surface area contributed by atoms with Crippen LogP contribution in [0.1, 0.15) is 0 Å². The van der Waals surface area contributed by atoms with E-state index in [1.54, 1.807) is 13.2 Å². The zero-order valence-electron chi connectivity index (χ0n) is 8.74. The summed E-state index contributed by atoms with van der Waals surface area (Å²) < 4.78 is 1.00. The van der Waals surface area contributed by atoms with E-state index >= 15 is 0 Å². The molecule has 0 fully saturated rings. The maximum Gasteiger partial charge on any atom is 0.224 e. The van der Waals surface area contributed by atoms with Crippen LogP contribution < -0.4 is 11.1 Å². The van der Waals surface area contributed by atoms with Gasteiger partial charge in [0.15, 0.2) is 0 Å². The third-order valence-electron chi connectivity index (χ3n) is 2.18. The van der Waals surface area contributed by atoms with Crippen LogP contribution in [0, 0.1) is 0 Å². The summed E-state index contributed by atoms with van der Waals surface area (Å²) in [7, 11) is 1.76. The number of hydrogen-bond acceptors (Lipinski definition) is 4. The molecule has 0 radical (unpaired) electrons. The fourth-order valence-corrected chi connectivity index (χ4v) is 1.79. The minimum absolute atomic E-state index is 0.470. The fraction of sp³-hybridized carbons (Fsp3) is 0.0909. The molecule has 0 unspecified atom stereocenters. The van der Waals surface area contributed by atoms with Crippen LogP contribution in [0.3, 0.4) is 0 Å². The summed E-state index contributed by atoms with van der Waals surface area (Å²) in [5, 5.41) is 2.85. The van der Waals surface area contributed by atoms with Gasteiger partial charge in [0.05, 0.1) is 0 Å². The van der Waals surface area contributed by atoms with Crippen LogP contribution in [0.15, 0.2) is 34.9 Å². The summed E-state index contributed by atoms with van der Waals surface area (Å²) in [6.45, 7) is 0. The second-order valence-electron chi connectivity index (χ2n) is 3.25. The van der Waals surface area contributed by atoms with E-state index in [1.165, 1.54) is 0 Å². The Morgan fingerprint density at radius 3 is 2.81 bits per heavy atom. The quantitative estimate of drug-likeness (QED) is 0.886. The van der Waals surface area contributed by atoms with Gasteiger partial charge in [-0.05, 0) is 17.7 Å². The lowest BCUT2D eigenvalue weighted by molar-refractivity contribution is 1.16. The summed E-state index contributed by atoms with van der Waals surface area (Å²) in [4.78, 5) is 8.28. The molecule has 0 aliphatic rings. The van der Waals surface area contributed by atoms with Crippen molar-refractivity contribution >= 4 is 27.7 Å². The van der Waals surface area contributed by atoms with Gasteiger partial charge in [0.2, 0.25) is 5.95 Å². The molecule has 1 aromatic carbocycles. The number of aromatic nitrogens is 2. The smallest absolute Gasteiger partial charge is 0.224 e. The van der Waals surface area contributed by atoms with Crippen LogP contribution in [0.5, 0.6) is 0 Å². The molecule has 2 aromatic rings. The second kappa shape index (κ2) is 4.49. The van der Waals surface area contributed by atoms with Crippen molar-refractivity contribution in [1.29, 1.82) is 0 Å². The average Bonchev–Trinajstić information content (AvgIpc) is 2.28. The number of rotatable bonds is 2. The molecule has 0 saturated heterocycles. The van der Waals surface area contributed by atoms with E-state index < -0.39 is 0 Å². The van der Waals surface area contributed by atoms with Crippen LogP contribution in [-0.4, -0.2) is 17.0 Å². The molecular weight excluding hydrogens is 268 g/mol. The fourth-order valence-electron chi connectivity index (χ4n) is 1.39. The Bertz CT molecular complexity index is 513. The Kier molecular flexibility index (Phi) is 3.05. The van der Waals surface area contributed by atoms with E-state index in [0.717, 1.165) is 15.6 Å². The van der Waals surface area contributed by atoms with Gasteiger partial charge in [-0.2, -0.15) is 4.98 Å². The Labute approximate surface area is 102 Å². The Balaban J connectivity index is 2.48. The number of hydrogen-bond donors (Lipinski definition) is 2. The topological polar surface area (TPSA) is 63.8 Å². The highest BCUT2D eigenvalue weighted by Gasteiger charge is 2.05. The number of benzene rings is 1. The maximum atomic E-state index is 5.87. The molecule has 0 spiro atoms. The third-order valence-corrected chi connectivity index (χ3v) is 2.67. The molecular formula is C11H11BrN4. The van der Waals surface area contributed by atoms with Crippen molar-refractivity contribution in [2.45, 2.75) is 0 Å². The third kappa shape index (κ3) is 2.14. The molecule has 1 heterocycles. The van der Waals surface area contributed by atoms with Crippen molar-refractivity contribution in [1.82, 2.24) is 9.97 Å². The molecule has 16 heavy (non-hydrogen) atoms. The van der Waals surface area contributed by atoms with Crippen LogP contribution in [0.2, 0.25) is 0 Å². The molecule has 5 heteroatoms. The van der Waals surface area contributed by atoms with Gasteiger partial charge in [-0.3, -0.25) is 0 Å². The van der Waals surface area contributed by atoms with E-state index in [0.29, 0.717) is 11.8 Å². The first kappa shape index (κ1) is 10.9. The van der Waals surface area contributed by atoms with Gasteiger partial charge >= 0.3 is 0 Å². The first-order valence-corrected chi connectivity index (χ1v) is 5.56. The van der Waals surface area contributed by atoms with Crippen LogP contribution in [0.25, 0.3) is 11.1 Å². The predicted molar refractivity (Wildman–Crippen MR) is 69.1 cm³/mol. The molecule has 0 saturated carbocycles. The number of anilines is 2. The van der Waals surface area contributed by atoms with Crippen molar-refractivity contribution < 1.29 is 0 Å². The molecule has 1 aromatic heterocycles. The standard InChI is InChI=1S/C11H11BrN4/c1-14-11-15-6-9(10(13)16-11)7-3-2-4-8(12)5-7/h2-6H,1H3,(H3,13,14,15,16). The molecule has 2 rings (SSSR count). The normalized spacial score (nSPS) is 10.1. The van der Waals surface area contributed by atoms with Gasteiger partial charge < -0.3 is 11.1 Å². The first-order valence-electron chi connectivity index (χ1n) is 4.77. The number of nitrogens with two attached hydrogens (primary N) is 1. The average molecular weight is 279 g/mol. The summed E-state index contributed by atoms with van der Waals surface area (Å²) in [6.07, 6.45) is 1.72. The molecule has 0 atom stereocenters. The number of nitrogens with one attached hydrogen (secondary N) is 1. The van der Waals surface area contributed by atoms with E-state index in [1.807, 2.05) is 24.3 Å². The van der Waals surface area contributed by atoms with E-state index in [9.17, 15) is 0 Å². The van der Waals surface area contributed by atoms with Gasteiger partial charge in [0, 0.05) is 23.3 Å². The Hall–Kier alpha value is -1.62. The molecule has 0 aliphatic heterocycles. The molecule has 82 valence electrons. The van der Waals surface area contributed by atoms with Crippen LogP contribution in [0.4, 0.5) is 11.8 Å². The predicted octanol–water partition coefficient (Wildman–Crippen LogP) is 2.53. The van der Waals surface area contributed by atoms with Crippen LogP contribution >= 0.6 is 15.9 Å². The van der Waals surface area contributed by atoms with Crippen molar-refractivity contribution in [3.05, 3.63) is 34.9 Å². The zero-order valence-corrected chi connectivity index (χ0v) is 10.3. The van der Waals surface area contributed by atoms with Crippen molar-refractivity contribution in [2.24, 2.45) is 0 Å². The molecule has 3 N–H and O–H groups in total.